The molecule has 0 amide bonds. The molecule has 27 heteroatoms. The molecule has 5 nitrogen and oxygen atoms in total. The van der Waals surface area contributed by atoms with E-state index >= 15 is 0 Å². The molecule has 0 aromatic rings. The molecular formula is C19H17AlF21O5. The van der Waals surface area contributed by atoms with Crippen LogP contribution in [-0.4, -0.2) is 98.5 Å². The molecule has 0 aromatic heterocycles. The highest BCUT2D eigenvalue weighted by Crippen LogP contribution is 2.66. The third-order valence-electron chi connectivity index (χ3n) is 5.20. The van der Waals surface area contributed by atoms with Crippen molar-refractivity contribution in [3.05, 3.63) is 0 Å². The molecule has 1 N–H and O–H groups in total. The predicted molar refractivity (Wildman–Crippen MR) is 106 cm³/mol. The monoisotopic (exact) mass is 751 g/mol. The van der Waals surface area contributed by atoms with E-state index in [0.29, 0.717) is 6.42 Å². The van der Waals surface area contributed by atoms with Gasteiger partial charge in [0.05, 0.1) is 0 Å². The first kappa shape index (κ1) is 46.2. The van der Waals surface area contributed by atoms with Gasteiger partial charge in [0, 0.05) is 6.10 Å². The molecule has 0 aliphatic rings. The average molecular weight is 751 g/mol. The Balaban J connectivity index is 0. The van der Waals surface area contributed by atoms with E-state index in [4.69, 9.17) is 5.11 Å². The third-order valence-corrected chi connectivity index (χ3v) is 6.25. The van der Waals surface area contributed by atoms with Gasteiger partial charge in [0.1, 0.15) is 11.7 Å². The Morgan fingerprint density at radius 1 is 0.587 bits per heavy atom. The summed E-state index contributed by atoms with van der Waals surface area (Å²) >= 11 is -3.06. The summed E-state index contributed by atoms with van der Waals surface area (Å²) in [6.45, 7) is 4.86. The Morgan fingerprint density at radius 3 is 1.07 bits per heavy atom. The highest BCUT2D eigenvalue weighted by Gasteiger charge is 2.98. The summed E-state index contributed by atoms with van der Waals surface area (Å²) in [5.74, 6) is -72.7. The molecule has 1 radical (unpaired) electrons. The van der Waals surface area contributed by atoms with Crippen LogP contribution in [0.1, 0.15) is 34.1 Å². The van der Waals surface area contributed by atoms with E-state index in [9.17, 15) is 102 Å². The van der Waals surface area contributed by atoms with Crippen LogP contribution in [0.15, 0.2) is 0 Å². The Hall–Kier alpha value is -1.88. The molecule has 0 aromatic carbocycles. The molecule has 0 saturated heterocycles. The standard InChI is InChI=1S/C10F21O.C6H10O3.C3H7O.Al/c11-1(12,3(15,16)5(19,20)7(23,24)9(27,28)29)2(13,14)4(17,18)6(21,22)8(25,26)10(30,31)32;1-3-5(4(2)7)6(8)9;1-3(2)4;/h;5H,3H2,1-2H3,(H,8,9);3H,1-2H3;/q-1;;-1;+2. The molecule has 273 valence electrons. The molecule has 0 aliphatic heterocycles. The number of carbonyl (C=O) groups is 2. The van der Waals surface area contributed by atoms with Crippen molar-refractivity contribution in [1.29, 1.82) is 0 Å². The van der Waals surface area contributed by atoms with Crippen molar-refractivity contribution in [2.75, 3.05) is 0 Å². The van der Waals surface area contributed by atoms with Crippen molar-refractivity contribution >= 4 is 27.6 Å². The van der Waals surface area contributed by atoms with E-state index in [1.165, 1.54) is 6.92 Å². The summed E-state index contributed by atoms with van der Waals surface area (Å²) in [7, 11) is 0. The fourth-order valence-corrected chi connectivity index (χ4v) is 3.00. The Bertz CT molecular complexity index is 1040. The van der Waals surface area contributed by atoms with Crippen LogP contribution in [0.25, 0.3) is 0 Å². The number of Topliss-reactive ketones (excluding diaryl/α,β-unsaturated/α-hetero) is 1. The van der Waals surface area contributed by atoms with Crippen LogP contribution in [0.2, 0.25) is 0 Å². The smallest absolute Gasteiger partial charge is 0.482 e. The minimum atomic E-state index is -9.19. The number of aliphatic carboxylic acids is 1. The SMILES string of the molecule is CC(C)[O][Al][O]C(F)(F)C(F)(F)C(F)(F)C(F)(F)C(F)(F)C(F)(F)C(F)(F)C(F)(F)C(F)(F)C(F)(F)F.CCC(C(C)=O)C(=O)O. The van der Waals surface area contributed by atoms with Gasteiger partial charge < -0.3 is 12.7 Å². The summed E-state index contributed by atoms with van der Waals surface area (Å²) < 4.78 is 282. The van der Waals surface area contributed by atoms with E-state index in [2.05, 4.69) is 7.58 Å². The number of carbonyl (C=O) groups excluding carboxylic acids is 1. The fourth-order valence-electron chi connectivity index (χ4n) is 2.45. The van der Waals surface area contributed by atoms with Gasteiger partial charge in [0.25, 0.3) is 0 Å². The fraction of sp³-hybridized carbons (Fsp3) is 0.895. The average Bonchev–Trinajstić information content (AvgIpc) is 2.82. The van der Waals surface area contributed by atoms with Crippen molar-refractivity contribution in [2.24, 2.45) is 5.92 Å². The van der Waals surface area contributed by atoms with Crippen molar-refractivity contribution in [3.63, 3.8) is 0 Å². The number of carboxylic acids is 1. The third kappa shape index (κ3) is 7.71. The van der Waals surface area contributed by atoms with E-state index in [-0.39, 0.29) is 5.78 Å². The summed E-state index contributed by atoms with van der Waals surface area (Å²) in [6.07, 6.45) is -15.9. The molecule has 0 heterocycles. The highest BCUT2D eigenvalue weighted by molar-refractivity contribution is 6.18. The molecule has 46 heavy (non-hydrogen) atoms. The maximum atomic E-state index is 13.5. The molecule has 0 spiro atoms. The first-order chi connectivity index (χ1) is 19.8. The minimum Gasteiger partial charge on any atom is -0.482 e. The zero-order chi connectivity index (χ0) is 38.1. The van der Waals surface area contributed by atoms with Gasteiger partial charge in [-0.2, -0.15) is 92.2 Å². The number of rotatable bonds is 15. The topological polar surface area (TPSA) is 72.8 Å². The summed E-state index contributed by atoms with van der Waals surface area (Å²) in [5.41, 5.74) is 0. The Labute approximate surface area is 248 Å². The van der Waals surface area contributed by atoms with Gasteiger partial charge >= 0.3 is 81.5 Å². The number of carboxylic acid groups (broad SMARTS) is 1. The molecule has 1 atom stereocenters. The summed E-state index contributed by atoms with van der Waals surface area (Å²) in [6, 6.07) is 0. The first-order valence-electron chi connectivity index (χ1n) is 11.1. The molecule has 0 bridgehead atoms. The second kappa shape index (κ2) is 13.9. The van der Waals surface area contributed by atoms with Crippen LogP contribution >= 0.6 is 0 Å². The van der Waals surface area contributed by atoms with Gasteiger partial charge in [-0.05, 0) is 27.2 Å². The lowest BCUT2D eigenvalue weighted by Crippen LogP contribution is -2.77. The normalized spacial score (nSPS) is 15.7. The van der Waals surface area contributed by atoms with Gasteiger partial charge in [-0.15, -0.1) is 0 Å². The first-order valence-corrected chi connectivity index (χ1v) is 12.1. The second-order valence-electron chi connectivity index (χ2n) is 8.92. The van der Waals surface area contributed by atoms with Gasteiger partial charge in [0.2, 0.25) is 0 Å². The quantitative estimate of drug-likeness (QED) is 0.105. The highest BCUT2D eigenvalue weighted by atomic mass is 27.2. The van der Waals surface area contributed by atoms with Crippen molar-refractivity contribution in [2.45, 2.75) is 99.9 Å². The lowest BCUT2D eigenvalue weighted by molar-refractivity contribution is -0.481. The van der Waals surface area contributed by atoms with Gasteiger partial charge in [-0.25, -0.2) is 0 Å². The Morgan fingerprint density at radius 2 is 0.870 bits per heavy atom. The minimum absolute atomic E-state index is 0.273. The molecule has 0 saturated carbocycles. The van der Waals surface area contributed by atoms with Gasteiger partial charge in [-0.3, -0.25) is 9.59 Å². The number of hydrogen-bond donors (Lipinski definition) is 1. The maximum Gasteiger partial charge on any atom is 0.672 e. The van der Waals surface area contributed by atoms with Crippen molar-refractivity contribution in [1.82, 2.24) is 0 Å². The number of halogens is 21. The van der Waals surface area contributed by atoms with Crippen LogP contribution in [0.5, 0.6) is 0 Å². The van der Waals surface area contributed by atoms with E-state index in [0.717, 1.165) is 13.8 Å². The second-order valence-corrected chi connectivity index (χ2v) is 9.62. The van der Waals surface area contributed by atoms with Crippen LogP contribution in [0, 0.1) is 5.92 Å². The lowest BCUT2D eigenvalue weighted by atomic mass is 9.87. The molecule has 0 fully saturated rings. The Kier molecular flexibility index (Phi) is 14.0. The number of hydrogen-bond acceptors (Lipinski definition) is 4. The van der Waals surface area contributed by atoms with Crippen LogP contribution in [0.4, 0.5) is 92.2 Å². The summed E-state index contributed by atoms with van der Waals surface area (Å²) in [4.78, 5) is 20.6. The number of ketones is 1. The van der Waals surface area contributed by atoms with Crippen LogP contribution < -0.4 is 0 Å². The molecule has 0 aliphatic carbocycles. The lowest BCUT2D eigenvalue weighted by Gasteiger charge is -2.44. The largest absolute Gasteiger partial charge is 0.672 e. The van der Waals surface area contributed by atoms with Crippen LogP contribution in [-0.2, 0) is 17.2 Å². The van der Waals surface area contributed by atoms with Gasteiger partial charge in [0.15, 0.2) is 0 Å². The van der Waals surface area contributed by atoms with Gasteiger partial charge in [-0.1, -0.05) is 6.92 Å². The predicted octanol–water partition coefficient (Wildman–Crippen LogP) is 7.89. The number of alkyl halides is 21. The maximum absolute atomic E-state index is 13.5. The molecule has 0 rings (SSSR count). The van der Waals surface area contributed by atoms with Crippen molar-refractivity contribution < 1.29 is 114 Å². The zero-order valence-corrected chi connectivity index (χ0v) is 23.6. The van der Waals surface area contributed by atoms with E-state index in [1.807, 2.05) is 0 Å². The van der Waals surface area contributed by atoms with Crippen LogP contribution in [0.3, 0.4) is 0 Å². The molecule has 1 unspecified atom stereocenters. The summed E-state index contributed by atoms with van der Waals surface area (Å²) in [5, 5.41) is 8.32. The van der Waals surface area contributed by atoms with E-state index in [1.54, 1.807) is 6.92 Å². The molecular weight excluding hydrogens is 734 g/mol. The van der Waals surface area contributed by atoms with Crippen molar-refractivity contribution in [3.8, 4) is 0 Å². The zero-order valence-electron chi connectivity index (χ0n) is 22.5. The van der Waals surface area contributed by atoms with E-state index < -0.39 is 93.5 Å².